The monoisotopic (exact) mass is 283 g/mol. The first-order valence-electron chi connectivity index (χ1n) is 5.96. The first-order chi connectivity index (χ1) is 8.51. The minimum atomic E-state index is -3.71. The second-order valence-corrected chi connectivity index (χ2v) is 7.26. The van der Waals surface area contributed by atoms with Gasteiger partial charge in [-0.05, 0) is 36.1 Å². The minimum absolute atomic E-state index is 0.0973. The Kier molecular flexibility index (Phi) is 4.43. The molecule has 0 saturated carbocycles. The molecule has 0 fully saturated rings. The maximum atomic E-state index is 11.4. The Morgan fingerprint density at radius 3 is 2.37 bits per heavy atom. The predicted molar refractivity (Wildman–Crippen MR) is 76.8 cm³/mol. The third kappa shape index (κ3) is 4.36. The highest BCUT2D eigenvalue weighted by atomic mass is 32.2. The van der Waals surface area contributed by atoms with Crippen molar-refractivity contribution < 1.29 is 13.2 Å². The van der Waals surface area contributed by atoms with Crippen molar-refractivity contribution in [3.05, 3.63) is 35.9 Å². The Balaban J connectivity index is 3.29. The van der Waals surface area contributed by atoms with Gasteiger partial charge in [0.25, 0.3) is 0 Å². The van der Waals surface area contributed by atoms with Crippen LogP contribution in [-0.4, -0.2) is 15.0 Å². The van der Waals surface area contributed by atoms with Gasteiger partial charge in [-0.2, -0.15) is 0 Å². The van der Waals surface area contributed by atoms with Crippen LogP contribution in [0.4, 0.5) is 0 Å². The van der Waals surface area contributed by atoms with Crippen molar-refractivity contribution in [2.24, 2.45) is 5.14 Å². The van der Waals surface area contributed by atoms with E-state index in [1.807, 2.05) is 27.7 Å². The molecule has 0 atom stereocenters. The van der Waals surface area contributed by atoms with Crippen LogP contribution >= 0.6 is 0 Å². The van der Waals surface area contributed by atoms with Crippen molar-refractivity contribution in [2.45, 2.75) is 38.0 Å². The van der Waals surface area contributed by atoms with Crippen molar-refractivity contribution in [2.75, 3.05) is 6.61 Å². The summed E-state index contributed by atoms with van der Waals surface area (Å²) in [7, 11) is -3.71. The Hall–Kier alpha value is -1.33. The number of nitrogens with two attached hydrogens (primary N) is 1. The summed E-state index contributed by atoms with van der Waals surface area (Å²) in [5.74, 6) is 0.655. The second kappa shape index (κ2) is 5.35. The highest BCUT2D eigenvalue weighted by molar-refractivity contribution is 7.89. The molecular weight excluding hydrogens is 262 g/mol. The van der Waals surface area contributed by atoms with E-state index in [0.29, 0.717) is 12.4 Å². The Morgan fingerprint density at radius 2 is 1.95 bits per heavy atom. The van der Waals surface area contributed by atoms with Crippen molar-refractivity contribution in [1.82, 2.24) is 0 Å². The second-order valence-electron chi connectivity index (χ2n) is 5.70. The molecule has 4 nitrogen and oxygen atoms in total. The first kappa shape index (κ1) is 15.7. The smallest absolute Gasteiger partial charge is 0.238 e. The largest absolute Gasteiger partial charge is 0.489 e. The lowest BCUT2D eigenvalue weighted by Crippen LogP contribution is -2.17. The van der Waals surface area contributed by atoms with Gasteiger partial charge < -0.3 is 4.74 Å². The van der Waals surface area contributed by atoms with Gasteiger partial charge >= 0.3 is 0 Å². The van der Waals surface area contributed by atoms with Crippen molar-refractivity contribution >= 4 is 10.0 Å². The average Bonchev–Trinajstić information content (AvgIpc) is 2.23. The fourth-order valence-corrected chi connectivity index (χ4v) is 2.14. The van der Waals surface area contributed by atoms with Gasteiger partial charge in [0.1, 0.15) is 12.4 Å². The Morgan fingerprint density at radius 1 is 1.37 bits per heavy atom. The standard InChI is InChI=1S/C14H21NO3S/c1-10(2)9-18-13-7-6-11(19(15,16)17)8-12(13)14(3,4)5/h6-8H,1,9H2,2-5H3,(H2,15,16,17). The van der Waals surface area contributed by atoms with E-state index in [1.165, 1.54) is 6.07 Å². The van der Waals surface area contributed by atoms with Crippen LogP contribution in [0.2, 0.25) is 0 Å². The van der Waals surface area contributed by atoms with E-state index in [-0.39, 0.29) is 10.3 Å². The summed E-state index contributed by atoms with van der Waals surface area (Å²) >= 11 is 0. The molecule has 0 aliphatic carbocycles. The lowest BCUT2D eigenvalue weighted by atomic mass is 9.86. The molecular formula is C14H21NO3S. The average molecular weight is 283 g/mol. The van der Waals surface area contributed by atoms with Gasteiger partial charge in [0.05, 0.1) is 4.90 Å². The van der Waals surface area contributed by atoms with Crippen LogP contribution in [0.25, 0.3) is 0 Å². The zero-order valence-electron chi connectivity index (χ0n) is 11.9. The number of benzene rings is 1. The molecule has 5 heteroatoms. The number of primary sulfonamides is 1. The number of rotatable bonds is 4. The van der Waals surface area contributed by atoms with E-state index in [0.717, 1.165) is 11.1 Å². The van der Waals surface area contributed by atoms with Gasteiger partial charge in [-0.3, -0.25) is 0 Å². The molecule has 1 aromatic carbocycles. The molecule has 19 heavy (non-hydrogen) atoms. The molecule has 0 aliphatic heterocycles. The van der Waals surface area contributed by atoms with Crippen LogP contribution in [0.15, 0.2) is 35.2 Å². The van der Waals surface area contributed by atoms with E-state index in [1.54, 1.807) is 12.1 Å². The van der Waals surface area contributed by atoms with E-state index < -0.39 is 10.0 Å². The third-order valence-corrected chi connectivity index (χ3v) is 3.47. The van der Waals surface area contributed by atoms with Crippen molar-refractivity contribution in [3.8, 4) is 5.75 Å². The zero-order chi connectivity index (χ0) is 14.8. The summed E-state index contributed by atoms with van der Waals surface area (Å²) in [5.41, 5.74) is 1.46. The normalized spacial score (nSPS) is 12.3. The Bertz CT molecular complexity index is 583. The van der Waals surface area contributed by atoms with Crippen molar-refractivity contribution in [3.63, 3.8) is 0 Å². The number of sulfonamides is 1. The molecule has 1 aromatic rings. The molecule has 0 radical (unpaired) electrons. The highest BCUT2D eigenvalue weighted by Crippen LogP contribution is 2.33. The van der Waals surface area contributed by atoms with Crippen molar-refractivity contribution in [1.29, 1.82) is 0 Å². The molecule has 0 spiro atoms. The van der Waals surface area contributed by atoms with E-state index in [4.69, 9.17) is 9.88 Å². The molecule has 2 N–H and O–H groups in total. The van der Waals surface area contributed by atoms with E-state index >= 15 is 0 Å². The number of ether oxygens (including phenoxy) is 1. The summed E-state index contributed by atoms with van der Waals surface area (Å²) in [5, 5.41) is 5.16. The Labute approximate surface area is 115 Å². The van der Waals surface area contributed by atoms with E-state index in [2.05, 4.69) is 6.58 Å². The van der Waals surface area contributed by atoms with Gasteiger partial charge in [-0.1, -0.05) is 27.4 Å². The van der Waals surface area contributed by atoms with E-state index in [9.17, 15) is 8.42 Å². The van der Waals surface area contributed by atoms with Crippen LogP contribution < -0.4 is 9.88 Å². The highest BCUT2D eigenvalue weighted by Gasteiger charge is 2.22. The zero-order valence-corrected chi connectivity index (χ0v) is 12.7. The van der Waals surface area contributed by atoms with Crippen LogP contribution in [0.3, 0.4) is 0 Å². The fraction of sp³-hybridized carbons (Fsp3) is 0.429. The topological polar surface area (TPSA) is 69.4 Å². The SMILES string of the molecule is C=C(C)COc1ccc(S(N)(=O)=O)cc1C(C)(C)C. The molecule has 0 bridgehead atoms. The van der Waals surface area contributed by atoms with Gasteiger partial charge in [-0.15, -0.1) is 0 Å². The van der Waals surface area contributed by atoms with Gasteiger partial charge in [-0.25, -0.2) is 13.6 Å². The molecule has 0 heterocycles. The first-order valence-corrected chi connectivity index (χ1v) is 7.51. The van der Waals surface area contributed by atoms with Gasteiger partial charge in [0.2, 0.25) is 10.0 Å². The third-order valence-electron chi connectivity index (χ3n) is 2.56. The maximum absolute atomic E-state index is 11.4. The van der Waals surface area contributed by atoms with Gasteiger partial charge in [0, 0.05) is 5.56 Å². The lowest BCUT2D eigenvalue weighted by Gasteiger charge is -2.23. The van der Waals surface area contributed by atoms with Crippen LogP contribution in [-0.2, 0) is 15.4 Å². The molecule has 106 valence electrons. The molecule has 1 rings (SSSR count). The van der Waals surface area contributed by atoms with Crippen LogP contribution in [0.5, 0.6) is 5.75 Å². The molecule has 0 amide bonds. The number of hydrogen-bond donors (Lipinski definition) is 1. The summed E-state index contributed by atoms with van der Waals surface area (Å²) < 4.78 is 28.5. The molecule has 0 saturated heterocycles. The summed E-state index contributed by atoms with van der Waals surface area (Å²) in [4.78, 5) is 0.0973. The van der Waals surface area contributed by atoms with Crippen LogP contribution in [0.1, 0.15) is 33.3 Å². The molecule has 0 aliphatic rings. The summed E-state index contributed by atoms with van der Waals surface area (Å²) in [6.45, 7) is 12.0. The number of hydrogen-bond acceptors (Lipinski definition) is 3. The predicted octanol–water partition coefficient (Wildman–Crippen LogP) is 2.59. The quantitative estimate of drug-likeness (QED) is 0.863. The molecule has 0 aromatic heterocycles. The maximum Gasteiger partial charge on any atom is 0.238 e. The minimum Gasteiger partial charge on any atom is -0.489 e. The van der Waals surface area contributed by atoms with Crippen LogP contribution in [0, 0.1) is 0 Å². The summed E-state index contributed by atoms with van der Waals surface area (Å²) in [6.07, 6.45) is 0. The van der Waals surface area contributed by atoms with Gasteiger partial charge in [0.15, 0.2) is 0 Å². The lowest BCUT2D eigenvalue weighted by molar-refractivity contribution is 0.341. The summed E-state index contributed by atoms with van der Waals surface area (Å²) in [6, 6.07) is 4.67. The fourth-order valence-electron chi connectivity index (χ4n) is 1.60. The molecule has 0 unspecified atom stereocenters.